The standard InChI is InChI=1S/C21H20N4O4S/c22-12-15-3-5-16(6-4-15)24-21(28)18-13-30-14-25(18)20(27)9-10-23-19(26)8-7-17-2-1-11-29-17/h1-8,11,18H,9-10,13-14H2,(H,23,26)(H,24,28)/b8-7+. The van der Waals surface area contributed by atoms with Crippen LogP contribution in [0.5, 0.6) is 0 Å². The molecule has 1 aliphatic rings. The zero-order chi connectivity index (χ0) is 21.3. The lowest BCUT2D eigenvalue weighted by Crippen LogP contribution is -2.45. The Morgan fingerprint density at radius 1 is 1.27 bits per heavy atom. The normalized spacial score (nSPS) is 15.7. The van der Waals surface area contributed by atoms with Crippen molar-refractivity contribution in [2.24, 2.45) is 0 Å². The molecule has 1 aromatic carbocycles. The summed E-state index contributed by atoms with van der Waals surface area (Å²) in [6.07, 6.45) is 4.49. The summed E-state index contributed by atoms with van der Waals surface area (Å²) >= 11 is 1.50. The Bertz CT molecular complexity index is 964. The van der Waals surface area contributed by atoms with E-state index in [1.807, 2.05) is 6.07 Å². The van der Waals surface area contributed by atoms with Crippen molar-refractivity contribution in [1.29, 1.82) is 5.26 Å². The van der Waals surface area contributed by atoms with Crippen molar-refractivity contribution in [2.75, 3.05) is 23.5 Å². The van der Waals surface area contributed by atoms with E-state index in [-0.39, 0.29) is 30.7 Å². The molecule has 0 bridgehead atoms. The topological polar surface area (TPSA) is 115 Å². The number of rotatable bonds is 7. The lowest BCUT2D eigenvalue weighted by Gasteiger charge is -2.23. The summed E-state index contributed by atoms with van der Waals surface area (Å²) < 4.78 is 5.10. The summed E-state index contributed by atoms with van der Waals surface area (Å²) in [6, 6.07) is 11.4. The van der Waals surface area contributed by atoms with Crippen LogP contribution in [0.2, 0.25) is 0 Å². The highest BCUT2D eigenvalue weighted by atomic mass is 32.2. The van der Waals surface area contributed by atoms with Gasteiger partial charge >= 0.3 is 0 Å². The molecule has 1 saturated heterocycles. The van der Waals surface area contributed by atoms with Gasteiger partial charge in [-0.15, -0.1) is 11.8 Å². The molecule has 0 radical (unpaired) electrons. The SMILES string of the molecule is N#Cc1ccc(NC(=O)C2CSCN2C(=O)CCNC(=O)/C=C/c2ccco2)cc1. The maximum atomic E-state index is 12.6. The number of carbonyl (C=O) groups is 3. The summed E-state index contributed by atoms with van der Waals surface area (Å²) in [6.45, 7) is 0.172. The number of nitrogens with zero attached hydrogens (tertiary/aromatic N) is 2. The fourth-order valence-electron chi connectivity index (χ4n) is 2.80. The second kappa shape index (κ2) is 10.3. The van der Waals surface area contributed by atoms with E-state index in [4.69, 9.17) is 9.68 Å². The molecule has 1 aromatic heterocycles. The molecule has 1 fully saturated rings. The fourth-order valence-corrected chi connectivity index (χ4v) is 3.98. The van der Waals surface area contributed by atoms with Crippen LogP contribution in [0.4, 0.5) is 5.69 Å². The number of nitriles is 1. The predicted molar refractivity (Wildman–Crippen MR) is 113 cm³/mol. The highest BCUT2D eigenvalue weighted by Gasteiger charge is 2.34. The predicted octanol–water partition coefficient (Wildman–Crippen LogP) is 2.21. The van der Waals surface area contributed by atoms with Gasteiger partial charge in [-0.1, -0.05) is 0 Å². The van der Waals surface area contributed by atoms with Crippen molar-refractivity contribution in [3.8, 4) is 6.07 Å². The minimum absolute atomic E-state index is 0.0987. The quantitative estimate of drug-likeness (QED) is 0.659. The van der Waals surface area contributed by atoms with Crippen molar-refractivity contribution in [3.05, 3.63) is 60.1 Å². The van der Waals surface area contributed by atoms with Gasteiger partial charge in [0.1, 0.15) is 11.8 Å². The molecule has 0 spiro atoms. The summed E-state index contributed by atoms with van der Waals surface area (Å²) in [5, 5.41) is 14.3. The van der Waals surface area contributed by atoms with Crippen LogP contribution >= 0.6 is 11.8 Å². The average molecular weight is 424 g/mol. The maximum Gasteiger partial charge on any atom is 0.248 e. The van der Waals surface area contributed by atoms with E-state index in [2.05, 4.69) is 10.6 Å². The van der Waals surface area contributed by atoms with Crippen LogP contribution in [0.1, 0.15) is 17.7 Å². The number of thioether (sulfide) groups is 1. The first-order valence-electron chi connectivity index (χ1n) is 9.24. The molecule has 9 heteroatoms. The van der Waals surface area contributed by atoms with Gasteiger partial charge in [-0.25, -0.2) is 0 Å². The maximum absolute atomic E-state index is 12.6. The van der Waals surface area contributed by atoms with Gasteiger partial charge in [0.05, 0.1) is 23.8 Å². The molecule has 1 atom stereocenters. The number of carbonyl (C=O) groups excluding carboxylic acids is 3. The number of benzene rings is 1. The Morgan fingerprint density at radius 3 is 2.77 bits per heavy atom. The van der Waals surface area contributed by atoms with Crippen LogP contribution < -0.4 is 10.6 Å². The first-order valence-corrected chi connectivity index (χ1v) is 10.4. The Morgan fingerprint density at radius 2 is 2.07 bits per heavy atom. The van der Waals surface area contributed by atoms with Gasteiger partial charge in [-0.05, 0) is 42.5 Å². The van der Waals surface area contributed by atoms with E-state index >= 15 is 0 Å². The van der Waals surface area contributed by atoms with Gasteiger partial charge in [0.2, 0.25) is 17.7 Å². The number of amides is 3. The molecular weight excluding hydrogens is 404 g/mol. The van der Waals surface area contributed by atoms with E-state index in [9.17, 15) is 14.4 Å². The minimum atomic E-state index is -0.576. The molecule has 0 aliphatic carbocycles. The minimum Gasteiger partial charge on any atom is -0.465 e. The Balaban J connectivity index is 1.46. The Kier molecular flexibility index (Phi) is 7.29. The largest absolute Gasteiger partial charge is 0.465 e. The third-order valence-electron chi connectivity index (χ3n) is 4.37. The van der Waals surface area contributed by atoms with Crippen LogP contribution in [0.3, 0.4) is 0 Å². The van der Waals surface area contributed by atoms with Gasteiger partial charge in [0.25, 0.3) is 0 Å². The van der Waals surface area contributed by atoms with Crippen LogP contribution in [0.15, 0.2) is 53.2 Å². The first kappa shape index (κ1) is 21.2. The molecular formula is C21H20N4O4S. The summed E-state index contributed by atoms with van der Waals surface area (Å²) in [4.78, 5) is 38.5. The summed E-state index contributed by atoms with van der Waals surface area (Å²) in [7, 11) is 0. The van der Waals surface area contributed by atoms with E-state index < -0.39 is 6.04 Å². The molecule has 3 rings (SSSR count). The van der Waals surface area contributed by atoms with Gasteiger partial charge in [-0.2, -0.15) is 5.26 Å². The third kappa shape index (κ3) is 5.75. The number of hydrogen-bond donors (Lipinski definition) is 2. The van der Waals surface area contributed by atoms with Crippen LogP contribution in [-0.4, -0.2) is 46.8 Å². The molecule has 2 aromatic rings. The Hall–Kier alpha value is -3.51. The number of anilines is 1. The second-order valence-corrected chi connectivity index (χ2v) is 7.45. The zero-order valence-electron chi connectivity index (χ0n) is 16.0. The summed E-state index contributed by atoms with van der Waals surface area (Å²) in [5.74, 6) is 0.693. The van der Waals surface area contributed by atoms with Crippen molar-refractivity contribution >= 4 is 41.2 Å². The highest BCUT2D eigenvalue weighted by molar-refractivity contribution is 7.99. The third-order valence-corrected chi connectivity index (χ3v) is 5.38. The molecule has 1 unspecified atom stereocenters. The van der Waals surface area contributed by atoms with Crippen molar-refractivity contribution in [1.82, 2.24) is 10.2 Å². The zero-order valence-corrected chi connectivity index (χ0v) is 16.9. The molecule has 30 heavy (non-hydrogen) atoms. The van der Waals surface area contributed by atoms with E-state index in [0.717, 1.165) is 0 Å². The molecule has 8 nitrogen and oxygen atoms in total. The monoisotopic (exact) mass is 424 g/mol. The number of nitrogens with one attached hydrogen (secondary N) is 2. The van der Waals surface area contributed by atoms with Crippen LogP contribution in [0, 0.1) is 11.3 Å². The van der Waals surface area contributed by atoms with Gasteiger partial charge in [0, 0.05) is 30.5 Å². The van der Waals surface area contributed by atoms with Crippen molar-refractivity contribution in [2.45, 2.75) is 12.5 Å². The molecule has 2 N–H and O–H groups in total. The van der Waals surface area contributed by atoms with Gasteiger partial charge < -0.3 is 20.0 Å². The molecule has 0 saturated carbocycles. The Labute approximate surface area is 177 Å². The lowest BCUT2D eigenvalue weighted by atomic mass is 10.2. The second-order valence-electron chi connectivity index (χ2n) is 6.45. The van der Waals surface area contributed by atoms with Crippen LogP contribution in [0.25, 0.3) is 6.08 Å². The fraction of sp³-hybridized carbons (Fsp3) is 0.238. The van der Waals surface area contributed by atoms with Gasteiger partial charge in [-0.3, -0.25) is 14.4 Å². The van der Waals surface area contributed by atoms with Crippen LogP contribution in [-0.2, 0) is 14.4 Å². The first-order chi connectivity index (χ1) is 14.6. The number of hydrogen-bond acceptors (Lipinski definition) is 6. The van der Waals surface area contributed by atoms with Gasteiger partial charge in [0.15, 0.2) is 0 Å². The van der Waals surface area contributed by atoms with Crippen molar-refractivity contribution < 1.29 is 18.8 Å². The number of furan rings is 1. The van der Waals surface area contributed by atoms with E-state index in [0.29, 0.717) is 28.6 Å². The molecule has 3 amide bonds. The summed E-state index contributed by atoms with van der Waals surface area (Å²) in [5.41, 5.74) is 1.07. The van der Waals surface area contributed by atoms with Crippen molar-refractivity contribution in [3.63, 3.8) is 0 Å². The van der Waals surface area contributed by atoms with E-state index in [1.54, 1.807) is 36.4 Å². The smallest absolute Gasteiger partial charge is 0.248 e. The highest BCUT2D eigenvalue weighted by Crippen LogP contribution is 2.23. The van der Waals surface area contributed by atoms with E-state index in [1.165, 1.54) is 35.1 Å². The molecule has 2 heterocycles. The molecule has 1 aliphatic heterocycles. The molecule has 154 valence electrons. The average Bonchev–Trinajstić information content (AvgIpc) is 3.45. The lowest BCUT2D eigenvalue weighted by molar-refractivity contribution is -0.136.